The lowest BCUT2D eigenvalue weighted by atomic mass is 9.85. The van der Waals surface area contributed by atoms with Gasteiger partial charge in [0.25, 0.3) is 0 Å². The van der Waals surface area contributed by atoms with Crippen molar-refractivity contribution in [3.63, 3.8) is 0 Å². The molecule has 0 radical (unpaired) electrons. The lowest BCUT2D eigenvalue weighted by molar-refractivity contribution is -0.136. The number of nitrogens with zero attached hydrogens (tertiary/aromatic N) is 4. The van der Waals surface area contributed by atoms with E-state index in [0.717, 1.165) is 22.6 Å². The fourth-order valence-corrected chi connectivity index (χ4v) is 4.17. The van der Waals surface area contributed by atoms with Crippen molar-refractivity contribution in [2.75, 3.05) is 13.1 Å². The summed E-state index contributed by atoms with van der Waals surface area (Å²) in [4.78, 5) is 24.1. The quantitative estimate of drug-likeness (QED) is 0.508. The molecular formula is C24H18N4O3. The number of ether oxygens (including phenoxy) is 1. The molecule has 0 bridgehead atoms. The van der Waals surface area contributed by atoms with Gasteiger partial charge in [0.2, 0.25) is 17.6 Å². The van der Waals surface area contributed by atoms with E-state index in [-0.39, 0.29) is 17.7 Å². The molecule has 0 spiro atoms. The second-order valence-electron chi connectivity index (χ2n) is 7.72. The summed E-state index contributed by atoms with van der Waals surface area (Å²) >= 11 is 0. The van der Waals surface area contributed by atoms with Gasteiger partial charge in [0, 0.05) is 30.4 Å². The van der Waals surface area contributed by atoms with Crippen LogP contribution in [-0.4, -0.2) is 39.0 Å². The predicted octanol–water partition coefficient (Wildman–Crippen LogP) is 4.00. The van der Waals surface area contributed by atoms with Crippen molar-refractivity contribution in [1.82, 2.24) is 20.0 Å². The minimum Gasteiger partial charge on any atom is -0.457 e. The number of hydrogen-bond acceptors (Lipinski definition) is 6. The third-order valence-corrected chi connectivity index (χ3v) is 5.81. The maximum atomic E-state index is 13.5. The van der Waals surface area contributed by atoms with E-state index in [1.165, 1.54) is 0 Å². The average molecular weight is 410 g/mol. The third kappa shape index (κ3) is 2.97. The van der Waals surface area contributed by atoms with E-state index in [0.29, 0.717) is 30.5 Å². The molecule has 1 amide bonds. The van der Waals surface area contributed by atoms with Gasteiger partial charge in [-0.25, -0.2) is 0 Å². The fourth-order valence-electron chi connectivity index (χ4n) is 4.17. The SMILES string of the molecule is O=C(C1c2ccccc2Oc2ccccc21)N1CC(c2nc(-c3ccccn3)no2)C1. The number of pyridine rings is 1. The van der Waals surface area contributed by atoms with Crippen molar-refractivity contribution in [3.8, 4) is 23.0 Å². The van der Waals surface area contributed by atoms with E-state index in [1.807, 2.05) is 71.6 Å². The Morgan fingerprint density at radius 1 is 0.903 bits per heavy atom. The van der Waals surface area contributed by atoms with E-state index in [4.69, 9.17) is 9.26 Å². The van der Waals surface area contributed by atoms with Crippen LogP contribution in [0, 0.1) is 0 Å². The summed E-state index contributed by atoms with van der Waals surface area (Å²) in [6.07, 6.45) is 1.69. The molecule has 152 valence electrons. The normalized spacial score (nSPS) is 15.5. The Bertz CT molecular complexity index is 1220. The van der Waals surface area contributed by atoms with Crippen molar-refractivity contribution in [1.29, 1.82) is 0 Å². The van der Waals surface area contributed by atoms with Crippen LogP contribution in [0.4, 0.5) is 0 Å². The lowest BCUT2D eigenvalue weighted by Crippen LogP contribution is -2.50. The van der Waals surface area contributed by atoms with Crippen LogP contribution in [0.15, 0.2) is 77.4 Å². The van der Waals surface area contributed by atoms with Gasteiger partial charge < -0.3 is 14.2 Å². The summed E-state index contributed by atoms with van der Waals surface area (Å²) in [6.45, 7) is 1.09. The van der Waals surface area contributed by atoms with Gasteiger partial charge in [0.05, 0.1) is 11.8 Å². The van der Waals surface area contributed by atoms with Crippen LogP contribution in [0.2, 0.25) is 0 Å². The van der Waals surface area contributed by atoms with Crippen molar-refractivity contribution in [2.45, 2.75) is 11.8 Å². The Kier molecular flexibility index (Phi) is 4.06. The molecule has 1 saturated heterocycles. The number of carbonyl (C=O) groups excluding carboxylic acids is 1. The Morgan fingerprint density at radius 3 is 2.26 bits per heavy atom. The first-order valence-corrected chi connectivity index (χ1v) is 10.2. The van der Waals surface area contributed by atoms with E-state index >= 15 is 0 Å². The van der Waals surface area contributed by atoms with Crippen LogP contribution in [0.3, 0.4) is 0 Å². The molecule has 2 aliphatic rings. The second-order valence-corrected chi connectivity index (χ2v) is 7.72. The molecule has 2 aromatic heterocycles. The molecule has 7 heteroatoms. The summed E-state index contributed by atoms with van der Waals surface area (Å²) in [6, 6.07) is 21.0. The highest BCUT2D eigenvalue weighted by atomic mass is 16.5. The zero-order chi connectivity index (χ0) is 20.8. The molecule has 0 aliphatic carbocycles. The lowest BCUT2D eigenvalue weighted by Gasteiger charge is -2.40. The monoisotopic (exact) mass is 410 g/mol. The first-order valence-electron chi connectivity index (χ1n) is 10.2. The summed E-state index contributed by atoms with van der Waals surface area (Å²) in [5.74, 6) is 2.17. The van der Waals surface area contributed by atoms with Crippen LogP contribution in [0.5, 0.6) is 11.5 Å². The van der Waals surface area contributed by atoms with Gasteiger partial charge >= 0.3 is 0 Å². The fraction of sp³-hybridized carbons (Fsp3) is 0.167. The number of carbonyl (C=O) groups is 1. The number of amides is 1. The topological polar surface area (TPSA) is 81.4 Å². The highest BCUT2D eigenvalue weighted by Gasteiger charge is 2.41. The highest BCUT2D eigenvalue weighted by Crippen LogP contribution is 2.45. The number of fused-ring (bicyclic) bond motifs is 2. The second kappa shape index (κ2) is 7.05. The summed E-state index contributed by atoms with van der Waals surface area (Å²) < 4.78 is 11.5. The van der Waals surface area contributed by atoms with Gasteiger partial charge in [-0.1, -0.05) is 47.6 Å². The Morgan fingerprint density at radius 2 is 1.58 bits per heavy atom. The Labute approximate surface area is 178 Å². The molecule has 0 unspecified atom stereocenters. The van der Waals surface area contributed by atoms with Gasteiger partial charge in [0.15, 0.2) is 0 Å². The molecule has 6 rings (SSSR count). The number of benzene rings is 2. The molecule has 2 aromatic carbocycles. The van der Waals surface area contributed by atoms with Gasteiger partial charge in [-0.05, 0) is 24.3 Å². The van der Waals surface area contributed by atoms with Crippen LogP contribution < -0.4 is 4.74 Å². The van der Waals surface area contributed by atoms with Gasteiger partial charge in [-0.3, -0.25) is 9.78 Å². The third-order valence-electron chi connectivity index (χ3n) is 5.81. The first-order chi connectivity index (χ1) is 15.3. The maximum Gasteiger partial charge on any atom is 0.234 e. The maximum absolute atomic E-state index is 13.5. The van der Waals surface area contributed by atoms with Crippen LogP contribution in [-0.2, 0) is 4.79 Å². The summed E-state index contributed by atoms with van der Waals surface area (Å²) in [7, 11) is 0. The number of likely N-dealkylation sites (tertiary alicyclic amines) is 1. The zero-order valence-corrected chi connectivity index (χ0v) is 16.5. The molecule has 4 aromatic rings. The van der Waals surface area contributed by atoms with E-state index in [9.17, 15) is 4.79 Å². The largest absolute Gasteiger partial charge is 0.457 e. The highest BCUT2D eigenvalue weighted by molar-refractivity contribution is 5.90. The Balaban J connectivity index is 1.23. The Hall–Kier alpha value is -4.00. The number of hydrogen-bond donors (Lipinski definition) is 0. The van der Waals surface area contributed by atoms with Crippen LogP contribution >= 0.6 is 0 Å². The molecule has 0 atom stereocenters. The van der Waals surface area contributed by atoms with E-state index in [2.05, 4.69) is 15.1 Å². The number of aromatic nitrogens is 3. The minimum atomic E-state index is -0.381. The molecule has 7 nitrogen and oxygen atoms in total. The predicted molar refractivity (Wildman–Crippen MR) is 112 cm³/mol. The van der Waals surface area contributed by atoms with Crippen molar-refractivity contribution < 1.29 is 14.1 Å². The van der Waals surface area contributed by atoms with Crippen molar-refractivity contribution in [2.24, 2.45) is 0 Å². The average Bonchev–Trinajstić information content (AvgIpc) is 3.26. The molecule has 2 aliphatic heterocycles. The molecule has 31 heavy (non-hydrogen) atoms. The van der Waals surface area contributed by atoms with Gasteiger partial charge in [0.1, 0.15) is 17.2 Å². The summed E-state index contributed by atoms with van der Waals surface area (Å²) in [5.41, 5.74) is 2.45. The molecule has 0 saturated carbocycles. The zero-order valence-electron chi connectivity index (χ0n) is 16.5. The smallest absolute Gasteiger partial charge is 0.234 e. The molecule has 1 fully saturated rings. The van der Waals surface area contributed by atoms with Gasteiger partial charge in [-0.2, -0.15) is 4.98 Å². The number of para-hydroxylation sites is 2. The molecule has 0 N–H and O–H groups in total. The summed E-state index contributed by atoms with van der Waals surface area (Å²) in [5, 5.41) is 4.04. The minimum absolute atomic E-state index is 0.0271. The van der Waals surface area contributed by atoms with Crippen LogP contribution in [0.25, 0.3) is 11.5 Å². The van der Waals surface area contributed by atoms with Crippen LogP contribution in [0.1, 0.15) is 28.9 Å². The van der Waals surface area contributed by atoms with Crippen molar-refractivity contribution >= 4 is 5.91 Å². The first kappa shape index (κ1) is 17.8. The van der Waals surface area contributed by atoms with Crippen molar-refractivity contribution in [3.05, 3.63) is 89.9 Å². The molecule has 4 heterocycles. The van der Waals surface area contributed by atoms with E-state index in [1.54, 1.807) is 6.20 Å². The van der Waals surface area contributed by atoms with E-state index < -0.39 is 0 Å². The standard InChI is InChI=1S/C24H18N4O3/c29-24(21-16-7-1-3-10-19(16)30-20-11-4-2-8-17(20)21)28-13-15(14-28)23-26-22(27-31-23)18-9-5-6-12-25-18/h1-12,15,21H,13-14H2. The number of rotatable bonds is 3. The van der Waals surface area contributed by atoms with Gasteiger partial charge in [-0.15, -0.1) is 0 Å². The molecular weight excluding hydrogens is 392 g/mol.